The highest BCUT2D eigenvalue weighted by Crippen LogP contribution is 2.27. The molecule has 0 aliphatic rings. The SMILES string of the molecule is CCCCCOc1ccc(C(=O)N=c2sc3ccc(Cl)c(C)c3n2CC(=O)OC)cc1. The second kappa shape index (κ2) is 10.6. The maximum atomic E-state index is 12.8. The number of amides is 1. The van der Waals surface area contributed by atoms with Crippen molar-refractivity contribution in [2.45, 2.75) is 39.7 Å². The number of nitrogens with zero attached hydrogens (tertiary/aromatic N) is 2. The van der Waals surface area contributed by atoms with Gasteiger partial charge >= 0.3 is 5.97 Å². The summed E-state index contributed by atoms with van der Waals surface area (Å²) in [4.78, 5) is 29.5. The standard InChI is InChI=1S/C23H25ClN2O4S/c1-4-5-6-13-30-17-9-7-16(8-10-17)22(28)25-23-26(14-20(27)29-3)21-15(2)18(24)11-12-19(21)31-23/h7-12H,4-6,13-14H2,1-3H3. The van der Waals surface area contributed by atoms with E-state index in [0.29, 0.717) is 22.0 Å². The topological polar surface area (TPSA) is 69.9 Å². The van der Waals surface area contributed by atoms with Crippen molar-refractivity contribution in [3.63, 3.8) is 0 Å². The number of thiazole rings is 1. The number of carbonyl (C=O) groups excluding carboxylic acids is 2. The molecule has 0 N–H and O–H groups in total. The van der Waals surface area contributed by atoms with Gasteiger partial charge in [0.25, 0.3) is 5.91 Å². The van der Waals surface area contributed by atoms with Gasteiger partial charge in [0, 0.05) is 10.6 Å². The minimum Gasteiger partial charge on any atom is -0.494 e. The molecule has 164 valence electrons. The molecule has 0 aliphatic heterocycles. The number of rotatable bonds is 8. The van der Waals surface area contributed by atoms with Crippen molar-refractivity contribution in [1.82, 2.24) is 4.57 Å². The molecule has 1 aromatic heterocycles. The molecule has 0 fully saturated rings. The molecule has 0 unspecified atom stereocenters. The Morgan fingerprint density at radius 2 is 1.87 bits per heavy atom. The van der Waals surface area contributed by atoms with Crippen LogP contribution in [0.2, 0.25) is 5.02 Å². The summed E-state index contributed by atoms with van der Waals surface area (Å²) in [6.07, 6.45) is 3.26. The van der Waals surface area contributed by atoms with Crippen LogP contribution in [0, 0.1) is 6.92 Å². The van der Waals surface area contributed by atoms with Crippen molar-refractivity contribution >= 4 is 45.0 Å². The molecule has 31 heavy (non-hydrogen) atoms. The largest absolute Gasteiger partial charge is 0.494 e. The van der Waals surface area contributed by atoms with E-state index in [2.05, 4.69) is 11.9 Å². The number of hydrogen-bond donors (Lipinski definition) is 0. The van der Waals surface area contributed by atoms with Crippen LogP contribution >= 0.6 is 22.9 Å². The smallest absolute Gasteiger partial charge is 0.325 e. The van der Waals surface area contributed by atoms with Crippen molar-refractivity contribution in [1.29, 1.82) is 0 Å². The number of benzene rings is 2. The first-order valence-electron chi connectivity index (χ1n) is 10.1. The van der Waals surface area contributed by atoms with Gasteiger partial charge in [-0.15, -0.1) is 0 Å². The summed E-state index contributed by atoms with van der Waals surface area (Å²) in [5, 5.41) is 0.580. The van der Waals surface area contributed by atoms with E-state index in [0.717, 1.165) is 40.8 Å². The Hall–Kier alpha value is -2.64. The molecular weight excluding hydrogens is 436 g/mol. The van der Waals surface area contributed by atoms with Gasteiger partial charge in [0.2, 0.25) is 0 Å². The van der Waals surface area contributed by atoms with E-state index in [-0.39, 0.29) is 6.54 Å². The first kappa shape index (κ1) is 23.0. The van der Waals surface area contributed by atoms with Gasteiger partial charge in [-0.1, -0.05) is 42.7 Å². The molecule has 0 atom stereocenters. The van der Waals surface area contributed by atoms with E-state index in [1.165, 1.54) is 18.4 Å². The fourth-order valence-electron chi connectivity index (χ4n) is 3.13. The zero-order valence-corrected chi connectivity index (χ0v) is 19.4. The molecular formula is C23H25ClN2O4S. The number of hydrogen-bond acceptors (Lipinski definition) is 5. The van der Waals surface area contributed by atoms with E-state index in [9.17, 15) is 9.59 Å². The van der Waals surface area contributed by atoms with Gasteiger partial charge in [-0.2, -0.15) is 4.99 Å². The summed E-state index contributed by atoms with van der Waals surface area (Å²) >= 11 is 7.60. The van der Waals surface area contributed by atoms with Gasteiger partial charge in [0.15, 0.2) is 4.80 Å². The summed E-state index contributed by atoms with van der Waals surface area (Å²) in [5.41, 5.74) is 2.03. The molecule has 0 aliphatic carbocycles. The van der Waals surface area contributed by atoms with Crippen LogP contribution in [0.4, 0.5) is 0 Å². The van der Waals surface area contributed by atoms with Gasteiger partial charge in [-0.25, -0.2) is 0 Å². The van der Waals surface area contributed by atoms with Crippen molar-refractivity contribution in [3.05, 3.63) is 57.3 Å². The van der Waals surface area contributed by atoms with Crippen LogP contribution in [0.5, 0.6) is 5.75 Å². The summed E-state index contributed by atoms with van der Waals surface area (Å²) < 4.78 is 13.1. The van der Waals surface area contributed by atoms with Crippen molar-refractivity contribution in [2.75, 3.05) is 13.7 Å². The number of carbonyl (C=O) groups is 2. The molecule has 3 rings (SSSR count). The average molecular weight is 461 g/mol. The molecule has 1 heterocycles. The van der Waals surface area contributed by atoms with Crippen LogP contribution in [0.15, 0.2) is 41.4 Å². The fourth-order valence-corrected chi connectivity index (χ4v) is 4.37. The number of aromatic nitrogens is 1. The van der Waals surface area contributed by atoms with Crippen molar-refractivity contribution in [3.8, 4) is 5.75 Å². The van der Waals surface area contributed by atoms with Crippen molar-refractivity contribution in [2.24, 2.45) is 4.99 Å². The second-order valence-electron chi connectivity index (χ2n) is 7.06. The lowest BCUT2D eigenvalue weighted by atomic mass is 10.2. The molecule has 0 saturated carbocycles. The highest BCUT2D eigenvalue weighted by Gasteiger charge is 2.15. The van der Waals surface area contributed by atoms with E-state index < -0.39 is 11.9 Å². The molecule has 6 nitrogen and oxygen atoms in total. The van der Waals surface area contributed by atoms with E-state index in [1.807, 2.05) is 13.0 Å². The monoisotopic (exact) mass is 460 g/mol. The molecule has 2 aromatic carbocycles. The third-order valence-corrected chi connectivity index (χ3v) is 6.31. The fraction of sp³-hybridized carbons (Fsp3) is 0.348. The van der Waals surface area contributed by atoms with Crippen LogP contribution in [0.3, 0.4) is 0 Å². The Balaban J connectivity index is 1.92. The zero-order valence-electron chi connectivity index (χ0n) is 17.8. The Kier molecular flexibility index (Phi) is 7.87. The van der Waals surface area contributed by atoms with E-state index in [4.69, 9.17) is 21.1 Å². The van der Waals surface area contributed by atoms with Crippen LogP contribution in [0.1, 0.15) is 42.1 Å². The molecule has 3 aromatic rings. The lowest BCUT2D eigenvalue weighted by molar-refractivity contribution is -0.141. The van der Waals surface area contributed by atoms with Crippen molar-refractivity contribution < 1.29 is 19.1 Å². The zero-order chi connectivity index (χ0) is 22.4. The summed E-state index contributed by atoms with van der Waals surface area (Å²) in [6.45, 7) is 4.61. The first-order valence-corrected chi connectivity index (χ1v) is 11.3. The number of ether oxygens (including phenoxy) is 2. The van der Waals surface area contributed by atoms with Crippen LogP contribution in [-0.2, 0) is 16.1 Å². The minimum absolute atomic E-state index is 0.0612. The number of halogens is 1. The van der Waals surface area contributed by atoms with Crippen LogP contribution in [0.25, 0.3) is 10.2 Å². The number of unbranched alkanes of at least 4 members (excludes halogenated alkanes) is 2. The predicted octanol–water partition coefficient (Wildman–Crippen LogP) is 5.15. The summed E-state index contributed by atoms with van der Waals surface area (Å²) in [7, 11) is 1.32. The van der Waals surface area contributed by atoms with Crippen LogP contribution < -0.4 is 9.54 Å². The predicted molar refractivity (Wildman–Crippen MR) is 123 cm³/mol. The maximum absolute atomic E-state index is 12.8. The average Bonchev–Trinajstić information content (AvgIpc) is 3.11. The summed E-state index contributed by atoms with van der Waals surface area (Å²) in [6, 6.07) is 10.6. The Bertz CT molecular complexity index is 1150. The lowest BCUT2D eigenvalue weighted by Crippen LogP contribution is -2.22. The van der Waals surface area contributed by atoms with E-state index >= 15 is 0 Å². The number of methoxy groups -OCH3 is 1. The Morgan fingerprint density at radius 1 is 1.13 bits per heavy atom. The lowest BCUT2D eigenvalue weighted by Gasteiger charge is -2.07. The van der Waals surface area contributed by atoms with Gasteiger partial charge in [-0.05, 0) is 55.3 Å². The Labute approximate surface area is 190 Å². The third-order valence-electron chi connectivity index (χ3n) is 4.86. The molecule has 0 spiro atoms. The number of esters is 1. The third kappa shape index (κ3) is 5.54. The van der Waals surface area contributed by atoms with Gasteiger partial charge in [0.05, 0.1) is 23.9 Å². The quantitative estimate of drug-likeness (QED) is 0.344. The number of aryl methyl sites for hydroxylation is 1. The van der Waals surface area contributed by atoms with Gasteiger partial charge in [-0.3, -0.25) is 9.59 Å². The minimum atomic E-state index is -0.433. The molecule has 0 saturated heterocycles. The second-order valence-corrected chi connectivity index (χ2v) is 8.48. The van der Waals surface area contributed by atoms with Crippen LogP contribution in [-0.4, -0.2) is 30.2 Å². The molecule has 8 heteroatoms. The molecule has 1 amide bonds. The van der Waals surface area contributed by atoms with E-state index in [1.54, 1.807) is 34.9 Å². The Morgan fingerprint density at radius 3 is 2.55 bits per heavy atom. The molecule has 0 bridgehead atoms. The highest BCUT2D eigenvalue weighted by atomic mass is 35.5. The normalized spacial score (nSPS) is 11.7. The van der Waals surface area contributed by atoms with Gasteiger partial charge in [0.1, 0.15) is 12.3 Å². The number of fused-ring (bicyclic) bond motifs is 1. The molecule has 0 radical (unpaired) electrons. The maximum Gasteiger partial charge on any atom is 0.325 e. The van der Waals surface area contributed by atoms with Gasteiger partial charge < -0.3 is 14.0 Å². The first-order chi connectivity index (χ1) is 14.9. The summed E-state index contributed by atoms with van der Waals surface area (Å²) in [5.74, 6) is -0.107. The highest BCUT2D eigenvalue weighted by molar-refractivity contribution is 7.16.